The van der Waals surface area contributed by atoms with Gasteiger partial charge in [-0.3, -0.25) is 0 Å². The Kier molecular flexibility index (Phi) is 1.95. The normalized spacial score (nSPS) is 19.8. The van der Waals surface area contributed by atoms with Gasteiger partial charge in [-0.15, -0.1) is 5.10 Å². The van der Waals surface area contributed by atoms with Gasteiger partial charge in [0.25, 0.3) is 0 Å². The first-order valence-electron chi connectivity index (χ1n) is 4.37. The molecule has 0 radical (unpaired) electrons. The van der Waals surface area contributed by atoms with Gasteiger partial charge in [0.2, 0.25) is 5.89 Å². The minimum atomic E-state index is -0.0705. The molecule has 5 heteroatoms. The molecular weight excluding hydrogens is 170 g/mol. The van der Waals surface area contributed by atoms with Gasteiger partial charge in [-0.2, -0.15) is 0 Å². The molecule has 2 N–H and O–H groups in total. The number of anilines is 1. The summed E-state index contributed by atoms with van der Waals surface area (Å²) in [6.07, 6.45) is 4.00. The number of nitrogens with two attached hydrogens (primary N) is 1. The van der Waals surface area contributed by atoms with Crippen molar-refractivity contribution in [2.75, 3.05) is 12.8 Å². The molecule has 1 fully saturated rings. The Balaban J connectivity index is 2.04. The van der Waals surface area contributed by atoms with Crippen LogP contribution < -0.4 is 5.73 Å². The van der Waals surface area contributed by atoms with Crippen LogP contribution in [0.25, 0.3) is 0 Å². The molecule has 1 aliphatic rings. The molecule has 72 valence electrons. The lowest BCUT2D eigenvalue weighted by atomic mass is 9.77. The lowest BCUT2D eigenvalue weighted by Crippen LogP contribution is -2.41. The maximum atomic E-state index is 5.42. The van der Waals surface area contributed by atoms with Crippen molar-refractivity contribution in [3.05, 3.63) is 5.89 Å². The molecule has 1 saturated carbocycles. The SMILES string of the molecule is COC1(Cc2nnc(N)o2)CCC1. The van der Waals surface area contributed by atoms with Gasteiger partial charge in [0.05, 0.1) is 12.0 Å². The van der Waals surface area contributed by atoms with Crippen LogP contribution >= 0.6 is 0 Å². The molecule has 0 aliphatic heterocycles. The predicted molar refractivity (Wildman–Crippen MR) is 46.0 cm³/mol. The molecule has 1 aliphatic carbocycles. The van der Waals surface area contributed by atoms with Crippen LogP contribution in [0.5, 0.6) is 0 Å². The van der Waals surface area contributed by atoms with Crippen molar-refractivity contribution in [1.29, 1.82) is 0 Å². The second kappa shape index (κ2) is 2.99. The highest BCUT2D eigenvalue weighted by molar-refractivity contribution is 5.07. The molecule has 0 amide bonds. The summed E-state index contributed by atoms with van der Waals surface area (Å²) in [4.78, 5) is 0. The molecule has 0 spiro atoms. The zero-order valence-electron chi connectivity index (χ0n) is 7.62. The Morgan fingerprint density at radius 2 is 2.31 bits per heavy atom. The van der Waals surface area contributed by atoms with Crippen LogP contribution in [-0.2, 0) is 11.2 Å². The van der Waals surface area contributed by atoms with Gasteiger partial charge in [-0.25, -0.2) is 0 Å². The van der Waals surface area contributed by atoms with E-state index in [1.807, 2.05) is 0 Å². The molecular formula is C8H13N3O2. The molecule has 5 nitrogen and oxygen atoms in total. The third-order valence-electron chi connectivity index (χ3n) is 2.65. The Morgan fingerprint density at radius 1 is 1.54 bits per heavy atom. The second-order valence-corrected chi connectivity index (χ2v) is 3.45. The molecule has 1 heterocycles. The van der Waals surface area contributed by atoms with Gasteiger partial charge in [0.1, 0.15) is 0 Å². The first kappa shape index (κ1) is 8.50. The van der Waals surface area contributed by atoms with Crippen LogP contribution in [0.15, 0.2) is 4.42 Å². The first-order chi connectivity index (χ1) is 6.24. The fourth-order valence-electron chi connectivity index (χ4n) is 1.64. The smallest absolute Gasteiger partial charge is 0.312 e. The number of nitrogens with zero attached hydrogens (tertiary/aromatic N) is 2. The Hall–Kier alpha value is -1.10. The average Bonchev–Trinajstić information content (AvgIpc) is 2.44. The number of rotatable bonds is 3. The number of nitrogen functional groups attached to an aromatic ring is 1. The molecule has 0 unspecified atom stereocenters. The summed E-state index contributed by atoms with van der Waals surface area (Å²) in [6.45, 7) is 0. The molecule has 0 aromatic carbocycles. The van der Waals surface area contributed by atoms with E-state index in [9.17, 15) is 0 Å². The molecule has 0 saturated heterocycles. The van der Waals surface area contributed by atoms with E-state index in [1.165, 1.54) is 6.42 Å². The van der Waals surface area contributed by atoms with Crippen molar-refractivity contribution in [3.8, 4) is 0 Å². The molecule has 1 aromatic heterocycles. The number of hydrogen-bond donors (Lipinski definition) is 1. The number of ether oxygens (including phenoxy) is 1. The van der Waals surface area contributed by atoms with E-state index in [2.05, 4.69) is 10.2 Å². The van der Waals surface area contributed by atoms with E-state index in [0.717, 1.165) is 12.8 Å². The molecule has 2 rings (SSSR count). The zero-order chi connectivity index (χ0) is 9.31. The third-order valence-corrected chi connectivity index (χ3v) is 2.65. The van der Waals surface area contributed by atoms with Gasteiger partial charge >= 0.3 is 6.01 Å². The monoisotopic (exact) mass is 183 g/mol. The fourth-order valence-corrected chi connectivity index (χ4v) is 1.64. The van der Waals surface area contributed by atoms with Gasteiger partial charge in [-0.1, -0.05) is 5.10 Å². The molecule has 13 heavy (non-hydrogen) atoms. The Morgan fingerprint density at radius 3 is 2.69 bits per heavy atom. The Labute approximate surface area is 76.3 Å². The summed E-state index contributed by atoms with van der Waals surface area (Å²) in [7, 11) is 1.72. The van der Waals surface area contributed by atoms with Crippen LogP contribution in [0.1, 0.15) is 25.2 Å². The van der Waals surface area contributed by atoms with E-state index >= 15 is 0 Å². The van der Waals surface area contributed by atoms with Crippen molar-refractivity contribution in [2.24, 2.45) is 0 Å². The number of methoxy groups -OCH3 is 1. The van der Waals surface area contributed by atoms with Gasteiger partial charge in [-0.05, 0) is 19.3 Å². The van der Waals surface area contributed by atoms with Crippen LogP contribution in [0, 0.1) is 0 Å². The Bertz CT molecular complexity index is 288. The van der Waals surface area contributed by atoms with Crippen molar-refractivity contribution >= 4 is 6.01 Å². The average molecular weight is 183 g/mol. The summed E-state index contributed by atoms with van der Waals surface area (Å²) in [5, 5.41) is 7.41. The van der Waals surface area contributed by atoms with Gasteiger partial charge in [0.15, 0.2) is 0 Å². The fraction of sp³-hybridized carbons (Fsp3) is 0.750. The standard InChI is InChI=1S/C8H13N3O2/c1-12-8(3-2-4-8)5-6-10-11-7(9)13-6/h2-5H2,1H3,(H2,9,11). The van der Waals surface area contributed by atoms with E-state index in [1.54, 1.807) is 7.11 Å². The quantitative estimate of drug-likeness (QED) is 0.748. The highest BCUT2D eigenvalue weighted by Gasteiger charge is 2.38. The highest BCUT2D eigenvalue weighted by atomic mass is 16.5. The van der Waals surface area contributed by atoms with E-state index in [4.69, 9.17) is 14.9 Å². The number of aromatic nitrogens is 2. The number of hydrogen-bond acceptors (Lipinski definition) is 5. The topological polar surface area (TPSA) is 74.2 Å². The third kappa shape index (κ3) is 1.51. The predicted octanol–water partition coefficient (Wildman–Crippen LogP) is 0.763. The largest absolute Gasteiger partial charge is 0.408 e. The molecule has 0 bridgehead atoms. The van der Waals surface area contributed by atoms with E-state index in [0.29, 0.717) is 12.3 Å². The van der Waals surface area contributed by atoms with Crippen molar-refractivity contribution in [2.45, 2.75) is 31.3 Å². The lowest BCUT2D eigenvalue weighted by Gasteiger charge is -2.39. The summed E-state index contributed by atoms with van der Waals surface area (Å²) in [6, 6.07) is 0.126. The first-order valence-corrected chi connectivity index (χ1v) is 4.37. The van der Waals surface area contributed by atoms with Gasteiger partial charge < -0.3 is 14.9 Å². The minimum Gasteiger partial charge on any atom is -0.408 e. The lowest BCUT2D eigenvalue weighted by molar-refractivity contribution is -0.0745. The van der Waals surface area contributed by atoms with Crippen LogP contribution in [0.2, 0.25) is 0 Å². The van der Waals surface area contributed by atoms with Gasteiger partial charge in [0, 0.05) is 7.11 Å². The van der Waals surface area contributed by atoms with Crippen LogP contribution in [0.3, 0.4) is 0 Å². The maximum Gasteiger partial charge on any atom is 0.312 e. The second-order valence-electron chi connectivity index (χ2n) is 3.45. The minimum absolute atomic E-state index is 0.0705. The summed E-state index contributed by atoms with van der Waals surface area (Å²) in [5.74, 6) is 0.569. The van der Waals surface area contributed by atoms with Crippen LogP contribution in [0.4, 0.5) is 6.01 Å². The zero-order valence-corrected chi connectivity index (χ0v) is 7.62. The van der Waals surface area contributed by atoms with Crippen LogP contribution in [-0.4, -0.2) is 22.9 Å². The van der Waals surface area contributed by atoms with E-state index < -0.39 is 0 Å². The molecule has 1 aromatic rings. The molecule has 0 atom stereocenters. The highest BCUT2D eigenvalue weighted by Crippen LogP contribution is 2.37. The summed E-state index contributed by atoms with van der Waals surface area (Å²) in [5.41, 5.74) is 5.25. The van der Waals surface area contributed by atoms with E-state index in [-0.39, 0.29) is 11.6 Å². The summed E-state index contributed by atoms with van der Waals surface area (Å²) < 4.78 is 10.5. The van der Waals surface area contributed by atoms with Crippen molar-refractivity contribution < 1.29 is 9.15 Å². The van der Waals surface area contributed by atoms with Crippen molar-refractivity contribution in [3.63, 3.8) is 0 Å². The maximum absolute atomic E-state index is 5.42. The summed E-state index contributed by atoms with van der Waals surface area (Å²) >= 11 is 0. The van der Waals surface area contributed by atoms with Crippen molar-refractivity contribution in [1.82, 2.24) is 10.2 Å².